The number of H-pyrrole nitrogens is 2. The van der Waals surface area contributed by atoms with Crippen LogP contribution >= 0.6 is 0 Å². The average Bonchev–Trinajstić information content (AvgIpc) is 3.39. The van der Waals surface area contributed by atoms with E-state index in [0.717, 1.165) is 45.9 Å². The zero-order valence-corrected chi connectivity index (χ0v) is 18.6. The number of carbonyl (C=O) groups is 2. The van der Waals surface area contributed by atoms with Gasteiger partial charge in [0.2, 0.25) is 0 Å². The number of aliphatic hydroxyl groups excluding tert-OH is 1. The summed E-state index contributed by atoms with van der Waals surface area (Å²) in [7, 11) is 1.00. The van der Waals surface area contributed by atoms with Crippen molar-refractivity contribution in [2.45, 2.75) is 26.7 Å². The molecule has 0 unspecified atom stereocenters. The lowest BCUT2D eigenvalue weighted by molar-refractivity contribution is 0.0688. The molecule has 2 aromatic carbocycles. The Hall–Kier alpha value is -3.84. The molecule has 0 fully saturated rings. The van der Waals surface area contributed by atoms with Gasteiger partial charge >= 0.3 is 11.9 Å². The molecule has 0 saturated heterocycles. The summed E-state index contributed by atoms with van der Waals surface area (Å²) in [5, 5.41) is 26.5. The minimum Gasteiger partial charge on any atom is -0.478 e. The Bertz CT molecular complexity index is 1270. The third-order valence-corrected chi connectivity index (χ3v) is 4.89. The second kappa shape index (κ2) is 10.5. The first kappa shape index (κ1) is 24.4. The van der Waals surface area contributed by atoms with Crippen molar-refractivity contribution in [2.75, 3.05) is 7.11 Å². The molecule has 4 aromatic rings. The third-order valence-electron chi connectivity index (χ3n) is 4.89. The highest BCUT2D eigenvalue weighted by Crippen LogP contribution is 2.24. The van der Waals surface area contributed by atoms with Gasteiger partial charge in [-0.25, -0.2) is 9.59 Å². The number of carboxylic acid groups (broad SMARTS) is 2. The molecular formula is C25H30N2O5. The minimum absolute atomic E-state index is 0. The lowest BCUT2D eigenvalue weighted by Crippen LogP contribution is -1.95. The number of rotatable bonds is 4. The molecule has 4 rings (SSSR count). The van der Waals surface area contributed by atoms with Crippen LogP contribution in [0.15, 0.2) is 55.1 Å². The molecule has 2 heterocycles. The smallest absolute Gasteiger partial charge is 0.336 e. The first-order valence-corrected chi connectivity index (χ1v) is 9.99. The van der Waals surface area contributed by atoms with Gasteiger partial charge in [-0.1, -0.05) is 32.6 Å². The van der Waals surface area contributed by atoms with Gasteiger partial charge < -0.3 is 25.3 Å². The molecular weight excluding hydrogens is 408 g/mol. The van der Waals surface area contributed by atoms with Crippen LogP contribution < -0.4 is 0 Å². The van der Waals surface area contributed by atoms with Crippen LogP contribution in [0, 0.1) is 0 Å². The summed E-state index contributed by atoms with van der Waals surface area (Å²) >= 11 is 0. The van der Waals surface area contributed by atoms with Crippen molar-refractivity contribution < 1.29 is 26.3 Å². The fraction of sp³-hybridized carbons (Fsp3) is 0.200. The van der Waals surface area contributed by atoms with Crippen LogP contribution in [0.25, 0.3) is 27.4 Å². The fourth-order valence-electron chi connectivity index (χ4n) is 3.25. The predicted molar refractivity (Wildman–Crippen MR) is 130 cm³/mol. The van der Waals surface area contributed by atoms with E-state index in [-0.39, 0.29) is 1.43 Å². The van der Waals surface area contributed by atoms with Crippen LogP contribution in [-0.4, -0.2) is 44.3 Å². The maximum atomic E-state index is 11.0. The van der Waals surface area contributed by atoms with E-state index in [0.29, 0.717) is 17.0 Å². The van der Waals surface area contributed by atoms with Crippen molar-refractivity contribution in [3.8, 4) is 0 Å². The van der Waals surface area contributed by atoms with E-state index in [1.54, 1.807) is 24.3 Å². The summed E-state index contributed by atoms with van der Waals surface area (Å²) in [5.74, 6) is -1.41. The van der Waals surface area contributed by atoms with Gasteiger partial charge in [0.15, 0.2) is 0 Å². The summed E-state index contributed by atoms with van der Waals surface area (Å²) in [6, 6.07) is 14.2. The first-order chi connectivity index (χ1) is 15.2. The van der Waals surface area contributed by atoms with Gasteiger partial charge in [-0.05, 0) is 54.8 Å². The highest BCUT2D eigenvalue weighted by Gasteiger charge is 2.12. The number of aliphatic hydroxyl groups is 1. The van der Waals surface area contributed by atoms with Crippen molar-refractivity contribution in [3.05, 3.63) is 77.6 Å². The number of aromatic carboxylic acids is 2. The number of hydrogen-bond acceptors (Lipinski definition) is 3. The summed E-state index contributed by atoms with van der Waals surface area (Å²) in [5.41, 5.74) is 5.22. The molecule has 5 N–H and O–H groups in total. The number of fused-ring (bicyclic) bond motifs is 2. The monoisotopic (exact) mass is 438 g/mol. The Labute approximate surface area is 187 Å². The number of aromatic nitrogens is 2. The molecule has 0 aliphatic heterocycles. The van der Waals surface area contributed by atoms with E-state index in [1.165, 1.54) is 0 Å². The molecule has 0 aliphatic rings. The molecule has 7 heteroatoms. The number of hydrogen-bond donors (Lipinski definition) is 5. The van der Waals surface area contributed by atoms with E-state index in [4.69, 9.17) is 15.3 Å². The van der Waals surface area contributed by atoms with Crippen LogP contribution in [0.3, 0.4) is 0 Å². The SMILES string of the molecule is C=C(C)c1cc2c(C(=O)O)cccc2[nH]1.CC(C)c1cc2c(C(=O)O)cccc2[nH]1.CO.[HH]. The van der Waals surface area contributed by atoms with Crippen molar-refractivity contribution >= 4 is 39.3 Å². The number of carboxylic acids is 2. The Balaban J connectivity index is 0.000000299. The summed E-state index contributed by atoms with van der Waals surface area (Å²) in [6.45, 7) is 9.85. The van der Waals surface area contributed by atoms with Crippen molar-refractivity contribution in [1.29, 1.82) is 0 Å². The highest BCUT2D eigenvalue weighted by molar-refractivity contribution is 6.04. The van der Waals surface area contributed by atoms with Crippen molar-refractivity contribution in [2.24, 2.45) is 0 Å². The lowest BCUT2D eigenvalue weighted by Gasteiger charge is -1.97. The van der Waals surface area contributed by atoms with Gasteiger partial charge in [-0.3, -0.25) is 0 Å². The molecule has 0 atom stereocenters. The van der Waals surface area contributed by atoms with E-state index in [9.17, 15) is 9.59 Å². The molecule has 0 bridgehead atoms. The maximum absolute atomic E-state index is 11.0. The van der Waals surface area contributed by atoms with Gasteiger partial charge in [0.1, 0.15) is 0 Å². The summed E-state index contributed by atoms with van der Waals surface area (Å²) < 4.78 is 0. The van der Waals surface area contributed by atoms with E-state index in [1.807, 2.05) is 31.2 Å². The summed E-state index contributed by atoms with van der Waals surface area (Å²) in [4.78, 5) is 28.3. The number of benzene rings is 2. The Morgan fingerprint density at radius 1 is 0.875 bits per heavy atom. The predicted octanol–water partition coefficient (Wildman–Crippen LogP) is 5.74. The van der Waals surface area contributed by atoms with Gasteiger partial charge in [0.05, 0.1) is 11.1 Å². The van der Waals surface area contributed by atoms with Crippen LogP contribution in [-0.2, 0) is 0 Å². The van der Waals surface area contributed by atoms with Crippen LogP contribution in [0.4, 0.5) is 0 Å². The minimum atomic E-state index is -0.909. The molecule has 7 nitrogen and oxygen atoms in total. The molecule has 0 amide bonds. The topological polar surface area (TPSA) is 126 Å². The molecule has 170 valence electrons. The second-order valence-corrected chi connectivity index (χ2v) is 7.49. The normalized spacial score (nSPS) is 10.3. The van der Waals surface area contributed by atoms with Crippen LogP contribution in [0.1, 0.15) is 60.2 Å². The summed E-state index contributed by atoms with van der Waals surface area (Å²) in [6.07, 6.45) is 0. The van der Waals surface area contributed by atoms with Crippen LogP contribution in [0.5, 0.6) is 0 Å². The van der Waals surface area contributed by atoms with Gasteiger partial charge in [-0.2, -0.15) is 0 Å². The van der Waals surface area contributed by atoms with E-state index < -0.39 is 11.9 Å². The quantitative estimate of drug-likeness (QED) is 0.278. The van der Waals surface area contributed by atoms with Gasteiger partial charge in [-0.15, -0.1) is 0 Å². The average molecular weight is 439 g/mol. The largest absolute Gasteiger partial charge is 0.478 e. The van der Waals surface area contributed by atoms with Gasteiger partial charge in [0, 0.05) is 41.7 Å². The van der Waals surface area contributed by atoms with Gasteiger partial charge in [0.25, 0.3) is 0 Å². The molecule has 2 aromatic heterocycles. The molecule has 0 aliphatic carbocycles. The van der Waals surface area contributed by atoms with Crippen molar-refractivity contribution in [3.63, 3.8) is 0 Å². The fourth-order valence-corrected chi connectivity index (χ4v) is 3.25. The zero-order valence-electron chi connectivity index (χ0n) is 18.6. The standard InChI is InChI=1S/C12H13NO2.C12H11NO2.CH4O.H2/c2*1-7(2)11-6-9-8(12(14)15)4-3-5-10(9)13-11;1-2;/h3-7,13H,1-2H3,(H,14,15);3-6,13H,1H2,2H3,(H,14,15);2H,1H3;1H. The Kier molecular flexibility index (Phi) is 7.98. The number of nitrogens with one attached hydrogen (secondary N) is 2. The molecule has 32 heavy (non-hydrogen) atoms. The zero-order chi connectivity index (χ0) is 24.0. The molecule has 0 spiro atoms. The van der Waals surface area contributed by atoms with E-state index >= 15 is 0 Å². The van der Waals surface area contributed by atoms with Crippen molar-refractivity contribution in [1.82, 2.24) is 9.97 Å². The van der Waals surface area contributed by atoms with Crippen LogP contribution in [0.2, 0.25) is 0 Å². The molecule has 0 radical (unpaired) electrons. The Morgan fingerprint density at radius 3 is 1.78 bits per heavy atom. The molecule has 0 saturated carbocycles. The maximum Gasteiger partial charge on any atom is 0.336 e. The lowest BCUT2D eigenvalue weighted by atomic mass is 10.1. The first-order valence-electron chi connectivity index (χ1n) is 9.99. The number of aromatic amines is 2. The third kappa shape index (κ3) is 5.25. The second-order valence-electron chi connectivity index (χ2n) is 7.49. The number of allylic oxidation sites excluding steroid dienone is 1. The highest BCUT2D eigenvalue weighted by atomic mass is 16.4. The Morgan fingerprint density at radius 2 is 1.34 bits per heavy atom. The van der Waals surface area contributed by atoms with E-state index in [2.05, 4.69) is 30.4 Å².